The van der Waals surface area contributed by atoms with Gasteiger partial charge in [0, 0.05) is 51.0 Å². The van der Waals surface area contributed by atoms with Crippen LogP contribution in [0.5, 0.6) is 0 Å². The number of methoxy groups -OCH3 is 2. The van der Waals surface area contributed by atoms with Gasteiger partial charge in [0.05, 0.1) is 17.1 Å². The summed E-state index contributed by atoms with van der Waals surface area (Å²) in [5, 5.41) is 11.3. The average Bonchev–Trinajstić information content (AvgIpc) is 2.83. The van der Waals surface area contributed by atoms with Crippen LogP contribution >= 0.6 is 11.6 Å². The van der Waals surface area contributed by atoms with Gasteiger partial charge in [0.25, 0.3) is 5.69 Å². The molecule has 1 saturated heterocycles. The van der Waals surface area contributed by atoms with Crippen LogP contribution < -0.4 is 0 Å². The Kier molecular flexibility index (Phi) is 4.93. The monoisotopic (exact) mass is 300 g/mol. The maximum atomic E-state index is 10.8. The Labute approximate surface area is 122 Å². The molecule has 7 heteroatoms. The van der Waals surface area contributed by atoms with E-state index < -0.39 is 4.92 Å². The molecule has 0 radical (unpaired) electrons. The van der Waals surface area contributed by atoms with Crippen LogP contribution in [0.1, 0.15) is 5.56 Å². The van der Waals surface area contributed by atoms with Crippen LogP contribution in [0.25, 0.3) is 0 Å². The molecule has 0 aliphatic carbocycles. The second-order valence-electron chi connectivity index (χ2n) is 4.78. The summed E-state index contributed by atoms with van der Waals surface area (Å²) in [6.45, 7) is 1.97. The van der Waals surface area contributed by atoms with Gasteiger partial charge >= 0.3 is 0 Å². The number of rotatable bonds is 5. The fourth-order valence-corrected chi connectivity index (χ4v) is 2.61. The van der Waals surface area contributed by atoms with Crippen molar-refractivity contribution in [3.05, 3.63) is 38.9 Å². The molecule has 1 aliphatic heterocycles. The van der Waals surface area contributed by atoms with Gasteiger partial charge in [0.1, 0.15) is 0 Å². The van der Waals surface area contributed by atoms with Crippen molar-refractivity contribution in [3.8, 4) is 0 Å². The quantitative estimate of drug-likeness (QED) is 0.615. The van der Waals surface area contributed by atoms with E-state index in [1.54, 1.807) is 20.3 Å². The molecular formula is C13H17ClN2O4. The minimum absolute atomic E-state index is 0.0115. The Morgan fingerprint density at radius 2 is 1.95 bits per heavy atom. The third kappa shape index (κ3) is 3.27. The van der Waals surface area contributed by atoms with Crippen molar-refractivity contribution in [2.75, 3.05) is 27.3 Å². The first-order valence-corrected chi connectivity index (χ1v) is 6.63. The van der Waals surface area contributed by atoms with Gasteiger partial charge in [-0.1, -0.05) is 11.6 Å². The van der Waals surface area contributed by atoms with Gasteiger partial charge in [-0.3, -0.25) is 15.0 Å². The molecule has 110 valence electrons. The number of nitro groups is 1. The molecule has 2 unspecified atom stereocenters. The van der Waals surface area contributed by atoms with E-state index >= 15 is 0 Å². The Morgan fingerprint density at radius 3 is 2.45 bits per heavy atom. The summed E-state index contributed by atoms with van der Waals surface area (Å²) >= 11 is 6.11. The number of hydrogen-bond donors (Lipinski definition) is 0. The van der Waals surface area contributed by atoms with E-state index in [2.05, 4.69) is 4.90 Å². The molecular weight excluding hydrogens is 284 g/mol. The Bertz CT molecular complexity index is 485. The van der Waals surface area contributed by atoms with Crippen molar-refractivity contribution in [2.45, 2.75) is 18.8 Å². The van der Waals surface area contributed by atoms with Crippen LogP contribution in [0.15, 0.2) is 18.2 Å². The van der Waals surface area contributed by atoms with Crippen LogP contribution in [0.3, 0.4) is 0 Å². The first-order chi connectivity index (χ1) is 9.55. The lowest BCUT2D eigenvalue weighted by atomic mass is 10.2. The molecule has 1 aromatic carbocycles. The average molecular weight is 301 g/mol. The highest BCUT2D eigenvalue weighted by molar-refractivity contribution is 6.31. The number of halogens is 1. The van der Waals surface area contributed by atoms with Crippen molar-refractivity contribution in [3.63, 3.8) is 0 Å². The molecule has 1 heterocycles. The second-order valence-corrected chi connectivity index (χ2v) is 5.18. The normalized spacial score (nSPS) is 23.1. The highest BCUT2D eigenvalue weighted by Crippen LogP contribution is 2.25. The number of hydrogen-bond acceptors (Lipinski definition) is 5. The fourth-order valence-electron chi connectivity index (χ4n) is 2.44. The SMILES string of the molecule is COC1CN(Cc2cc([N+](=O)[O-])ccc2Cl)CC1OC. The molecule has 0 saturated carbocycles. The lowest BCUT2D eigenvalue weighted by molar-refractivity contribution is -0.384. The largest absolute Gasteiger partial charge is 0.377 e. The number of likely N-dealkylation sites (tertiary alicyclic amines) is 1. The van der Waals surface area contributed by atoms with Crippen LogP contribution in [-0.4, -0.2) is 49.3 Å². The summed E-state index contributed by atoms with van der Waals surface area (Å²) in [6, 6.07) is 4.49. The van der Waals surface area contributed by atoms with E-state index in [0.29, 0.717) is 24.7 Å². The smallest absolute Gasteiger partial charge is 0.269 e. The van der Waals surface area contributed by atoms with Crippen LogP contribution in [0, 0.1) is 10.1 Å². The van der Waals surface area contributed by atoms with Crippen molar-refractivity contribution >= 4 is 17.3 Å². The highest BCUT2D eigenvalue weighted by atomic mass is 35.5. The summed E-state index contributed by atoms with van der Waals surface area (Å²) in [4.78, 5) is 12.5. The van der Waals surface area contributed by atoms with Crippen molar-refractivity contribution in [1.29, 1.82) is 0 Å². The van der Waals surface area contributed by atoms with Crippen molar-refractivity contribution in [1.82, 2.24) is 4.90 Å². The maximum absolute atomic E-state index is 10.8. The molecule has 20 heavy (non-hydrogen) atoms. The van der Waals surface area contributed by atoms with Gasteiger partial charge in [0.2, 0.25) is 0 Å². The molecule has 0 bridgehead atoms. The molecule has 6 nitrogen and oxygen atoms in total. The number of ether oxygens (including phenoxy) is 2. The van der Waals surface area contributed by atoms with Gasteiger partial charge in [0.15, 0.2) is 0 Å². The van der Waals surface area contributed by atoms with Gasteiger partial charge in [-0.2, -0.15) is 0 Å². The third-order valence-corrected chi connectivity index (χ3v) is 3.90. The molecule has 0 aromatic heterocycles. The van der Waals surface area contributed by atoms with Crippen LogP contribution in [-0.2, 0) is 16.0 Å². The van der Waals surface area contributed by atoms with Gasteiger partial charge in [-0.25, -0.2) is 0 Å². The summed E-state index contributed by atoms with van der Waals surface area (Å²) in [6.07, 6.45) is 0.0231. The minimum Gasteiger partial charge on any atom is -0.377 e. The van der Waals surface area contributed by atoms with Crippen LogP contribution in [0.4, 0.5) is 5.69 Å². The fraction of sp³-hybridized carbons (Fsp3) is 0.538. The zero-order valence-corrected chi connectivity index (χ0v) is 12.2. The number of non-ortho nitro benzene ring substituents is 1. The summed E-state index contributed by atoms with van der Waals surface area (Å²) in [7, 11) is 3.31. The first kappa shape index (κ1) is 15.2. The van der Waals surface area contributed by atoms with Crippen molar-refractivity contribution < 1.29 is 14.4 Å². The topological polar surface area (TPSA) is 64.8 Å². The van der Waals surface area contributed by atoms with Gasteiger partial charge < -0.3 is 9.47 Å². The lowest BCUT2D eigenvalue weighted by Crippen LogP contribution is -2.27. The summed E-state index contributed by atoms with van der Waals surface area (Å²) in [5.74, 6) is 0. The standard InChI is InChI=1S/C13H17ClN2O4/c1-19-12-7-15(8-13(12)20-2)6-9-5-10(16(17)18)3-4-11(9)14/h3-5,12-13H,6-8H2,1-2H3. The molecule has 0 N–H and O–H groups in total. The van der Waals surface area contributed by atoms with Crippen molar-refractivity contribution in [2.24, 2.45) is 0 Å². The Morgan fingerprint density at radius 1 is 1.35 bits per heavy atom. The maximum Gasteiger partial charge on any atom is 0.269 e. The van der Waals surface area contributed by atoms with Crippen LogP contribution in [0.2, 0.25) is 5.02 Å². The lowest BCUT2D eigenvalue weighted by Gasteiger charge is -2.15. The first-order valence-electron chi connectivity index (χ1n) is 6.26. The summed E-state index contributed by atoms with van der Waals surface area (Å²) in [5.41, 5.74) is 0.794. The minimum atomic E-state index is -0.417. The second kappa shape index (κ2) is 6.49. The predicted octanol–water partition coefficient (Wildman–Crippen LogP) is 2.09. The van der Waals surface area contributed by atoms with E-state index in [1.807, 2.05) is 0 Å². The van der Waals surface area contributed by atoms with E-state index in [-0.39, 0.29) is 17.9 Å². The zero-order chi connectivity index (χ0) is 14.7. The van der Waals surface area contributed by atoms with E-state index in [1.165, 1.54) is 12.1 Å². The molecule has 0 amide bonds. The highest BCUT2D eigenvalue weighted by Gasteiger charge is 2.33. The molecule has 2 rings (SSSR count). The molecule has 1 aromatic rings. The molecule has 0 spiro atoms. The predicted molar refractivity (Wildman–Crippen MR) is 75.0 cm³/mol. The number of benzene rings is 1. The molecule has 1 aliphatic rings. The number of nitro benzene ring substituents is 1. The third-order valence-electron chi connectivity index (χ3n) is 3.53. The Hall–Kier alpha value is -1.21. The molecule has 2 atom stereocenters. The van der Waals surface area contributed by atoms with Gasteiger partial charge in [-0.15, -0.1) is 0 Å². The Balaban J connectivity index is 2.11. The summed E-state index contributed by atoms with van der Waals surface area (Å²) < 4.78 is 10.7. The van der Waals surface area contributed by atoms with E-state index in [0.717, 1.165) is 5.56 Å². The number of nitrogens with zero attached hydrogens (tertiary/aromatic N) is 2. The van der Waals surface area contributed by atoms with Gasteiger partial charge in [-0.05, 0) is 11.6 Å². The van der Waals surface area contributed by atoms with E-state index in [9.17, 15) is 10.1 Å². The van der Waals surface area contributed by atoms with E-state index in [4.69, 9.17) is 21.1 Å². The molecule has 1 fully saturated rings. The zero-order valence-electron chi connectivity index (χ0n) is 11.4.